The molecule has 16 heavy (non-hydrogen) atoms. The van der Waals surface area contributed by atoms with Gasteiger partial charge in [0, 0.05) is 0 Å². The molecular weight excluding hydrogens is 200 g/mol. The Hall–Kier alpha value is -1.96. The summed E-state index contributed by atoms with van der Waals surface area (Å²) in [4.78, 5) is 0. The topological polar surface area (TPSA) is 22.4 Å². The summed E-state index contributed by atoms with van der Waals surface area (Å²) in [6, 6.07) is 9.87. The normalized spacial score (nSPS) is 10.1. The summed E-state index contributed by atoms with van der Waals surface area (Å²) in [6.45, 7) is 3.72. The first-order chi connectivity index (χ1) is 7.85. The lowest BCUT2D eigenvalue weighted by atomic mass is 10.1. The Morgan fingerprint density at radius 1 is 1.38 bits per heavy atom. The smallest absolute Gasteiger partial charge is 0.137 e. The quantitative estimate of drug-likeness (QED) is 0.724. The van der Waals surface area contributed by atoms with Crippen molar-refractivity contribution in [3.63, 3.8) is 0 Å². The van der Waals surface area contributed by atoms with Crippen molar-refractivity contribution in [2.75, 3.05) is 7.11 Å². The Balaban J connectivity index is 2.43. The van der Waals surface area contributed by atoms with Crippen LogP contribution in [0.15, 0.2) is 53.7 Å². The van der Waals surface area contributed by atoms with Crippen LogP contribution < -0.4 is 4.74 Å². The fraction of sp³-hybridized carbons (Fsp3) is 0.143. The molecule has 0 aliphatic rings. The lowest BCUT2D eigenvalue weighted by Crippen LogP contribution is -1.89. The van der Waals surface area contributed by atoms with Crippen LogP contribution >= 0.6 is 0 Å². The van der Waals surface area contributed by atoms with E-state index in [-0.39, 0.29) is 0 Å². The average Bonchev–Trinajstić information content (AvgIpc) is 2.83. The number of methoxy groups -OCH3 is 1. The summed E-state index contributed by atoms with van der Waals surface area (Å²) in [5.41, 5.74) is 2.16. The zero-order valence-electron chi connectivity index (χ0n) is 9.27. The first kappa shape index (κ1) is 10.6. The summed E-state index contributed by atoms with van der Waals surface area (Å²) in [5.74, 6) is 1.65. The molecule has 1 heterocycles. The van der Waals surface area contributed by atoms with Gasteiger partial charge in [0.25, 0.3) is 0 Å². The number of allylic oxidation sites excluding steroid dienone is 1. The minimum Gasteiger partial charge on any atom is -0.496 e. The van der Waals surface area contributed by atoms with Crippen LogP contribution in [0.1, 0.15) is 5.56 Å². The molecule has 0 saturated heterocycles. The third-order valence-electron chi connectivity index (χ3n) is 2.43. The van der Waals surface area contributed by atoms with E-state index in [2.05, 4.69) is 12.6 Å². The zero-order chi connectivity index (χ0) is 11.4. The highest BCUT2D eigenvalue weighted by Crippen LogP contribution is 2.31. The van der Waals surface area contributed by atoms with Crippen LogP contribution in [0.4, 0.5) is 0 Å². The molecule has 0 amide bonds. The number of benzene rings is 1. The second-order valence-electron chi connectivity index (χ2n) is 3.50. The molecule has 0 fully saturated rings. The summed E-state index contributed by atoms with van der Waals surface area (Å²) in [5, 5.41) is 0. The summed E-state index contributed by atoms with van der Waals surface area (Å²) < 4.78 is 10.7. The van der Waals surface area contributed by atoms with E-state index in [1.807, 2.05) is 30.3 Å². The standard InChI is InChI=1S/C14H14O2/c1-3-5-11-7-8-12(14(10-11)15-2)13-6-4-9-16-13/h3-4,6-10H,1,5H2,2H3. The molecule has 82 valence electrons. The van der Waals surface area contributed by atoms with Gasteiger partial charge in [-0.15, -0.1) is 6.58 Å². The Morgan fingerprint density at radius 3 is 2.88 bits per heavy atom. The molecule has 0 saturated carbocycles. The molecule has 0 aliphatic heterocycles. The monoisotopic (exact) mass is 214 g/mol. The maximum atomic E-state index is 5.36. The molecule has 1 aromatic heterocycles. The van der Waals surface area contributed by atoms with Gasteiger partial charge in [0.15, 0.2) is 0 Å². The maximum Gasteiger partial charge on any atom is 0.137 e. The Bertz CT molecular complexity index is 469. The molecule has 2 heteroatoms. The van der Waals surface area contributed by atoms with Crippen molar-refractivity contribution in [2.45, 2.75) is 6.42 Å². The van der Waals surface area contributed by atoms with Crippen LogP contribution in [0.5, 0.6) is 5.75 Å². The van der Waals surface area contributed by atoms with Gasteiger partial charge in [-0.3, -0.25) is 0 Å². The first-order valence-electron chi connectivity index (χ1n) is 5.17. The maximum absolute atomic E-state index is 5.36. The van der Waals surface area contributed by atoms with E-state index in [1.54, 1.807) is 13.4 Å². The van der Waals surface area contributed by atoms with E-state index in [4.69, 9.17) is 9.15 Å². The van der Waals surface area contributed by atoms with Crippen LogP contribution in [0, 0.1) is 0 Å². The van der Waals surface area contributed by atoms with Gasteiger partial charge in [-0.25, -0.2) is 0 Å². The number of rotatable bonds is 4. The van der Waals surface area contributed by atoms with Gasteiger partial charge < -0.3 is 9.15 Å². The average molecular weight is 214 g/mol. The van der Waals surface area contributed by atoms with Crippen molar-refractivity contribution in [1.82, 2.24) is 0 Å². The number of ether oxygens (including phenoxy) is 1. The van der Waals surface area contributed by atoms with Gasteiger partial charge in [-0.1, -0.05) is 12.1 Å². The van der Waals surface area contributed by atoms with Crippen LogP contribution in [0.25, 0.3) is 11.3 Å². The molecule has 0 N–H and O–H groups in total. The third-order valence-corrected chi connectivity index (χ3v) is 2.43. The summed E-state index contributed by atoms with van der Waals surface area (Å²) in [6.07, 6.45) is 4.38. The molecule has 0 atom stereocenters. The summed E-state index contributed by atoms with van der Waals surface area (Å²) >= 11 is 0. The molecule has 2 nitrogen and oxygen atoms in total. The van der Waals surface area contributed by atoms with E-state index in [0.29, 0.717) is 0 Å². The van der Waals surface area contributed by atoms with E-state index in [0.717, 1.165) is 23.5 Å². The number of furan rings is 1. The minimum absolute atomic E-state index is 0.821. The number of hydrogen-bond donors (Lipinski definition) is 0. The molecule has 0 spiro atoms. The summed E-state index contributed by atoms with van der Waals surface area (Å²) in [7, 11) is 1.67. The second-order valence-corrected chi connectivity index (χ2v) is 3.50. The fourth-order valence-corrected chi connectivity index (χ4v) is 1.66. The minimum atomic E-state index is 0.821. The largest absolute Gasteiger partial charge is 0.496 e. The third kappa shape index (κ3) is 2.01. The van der Waals surface area contributed by atoms with Gasteiger partial charge in [-0.2, -0.15) is 0 Å². The van der Waals surface area contributed by atoms with Crippen molar-refractivity contribution < 1.29 is 9.15 Å². The highest BCUT2D eigenvalue weighted by molar-refractivity contribution is 5.66. The van der Waals surface area contributed by atoms with Gasteiger partial charge in [0.1, 0.15) is 11.5 Å². The predicted molar refractivity (Wildman–Crippen MR) is 64.6 cm³/mol. The molecule has 0 unspecified atom stereocenters. The van der Waals surface area contributed by atoms with E-state index in [1.165, 1.54) is 5.56 Å². The van der Waals surface area contributed by atoms with Crippen LogP contribution in [0.2, 0.25) is 0 Å². The van der Waals surface area contributed by atoms with Crippen molar-refractivity contribution in [3.8, 4) is 17.1 Å². The molecule has 2 aromatic rings. The van der Waals surface area contributed by atoms with Gasteiger partial charge in [0.05, 0.1) is 18.9 Å². The van der Waals surface area contributed by atoms with Crippen LogP contribution in [-0.4, -0.2) is 7.11 Å². The van der Waals surface area contributed by atoms with Crippen molar-refractivity contribution in [2.24, 2.45) is 0 Å². The van der Waals surface area contributed by atoms with E-state index in [9.17, 15) is 0 Å². The van der Waals surface area contributed by atoms with Crippen molar-refractivity contribution in [3.05, 3.63) is 54.8 Å². The Morgan fingerprint density at radius 2 is 2.25 bits per heavy atom. The SMILES string of the molecule is C=CCc1ccc(-c2ccco2)c(OC)c1. The number of hydrogen-bond acceptors (Lipinski definition) is 2. The molecule has 0 radical (unpaired) electrons. The van der Waals surface area contributed by atoms with Gasteiger partial charge in [0.2, 0.25) is 0 Å². The predicted octanol–water partition coefficient (Wildman–Crippen LogP) is 3.68. The second kappa shape index (κ2) is 4.71. The van der Waals surface area contributed by atoms with E-state index >= 15 is 0 Å². The van der Waals surface area contributed by atoms with Crippen LogP contribution in [-0.2, 0) is 6.42 Å². The van der Waals surface area contributed by atoms with Gasteiger partial charge >= 0.3 is 0 Å². The Kier molecular flexibility index (Phi) is 3.10. The molecule has 2 rings (SSSR count). The lowest BCUT2D eigenvalue weighted by molar-refractivity contribution is 0.414. The van der Waals surface area contributed by atoms with Crippen molar-refractivity contribution in [1.29, 1.82) is 0 Å². The zero-order valence-corrected chi connectivity index (χ0v) is 9.27. The molecule has 1 aromatic carbocycles. The highest BCUT2D eigenvalue weighted by Gasteiger charge is 2.08. The van der Waals surface area contributed by atoms with Gasteiger partial charge in [-0.05, 0) is 36.2 Å². The fourth-order valence-electron chi connectivity index (χ4n) is 1.66. The van der Waals surface area contributed by atoms with E-state index < -0.39 is 0 Å². The lowest BCUT2D eigenvalue weighted by Gasteiger charge is -2.08. The molecule has 0 bridgehead atoms. The molecular formula is C14H14O2. The first-order valence-corrected chi connectivity index (χ1v) is 5.17. The van der Waals surface area contributed by atoms with Crippen LogP contribution in [0.3, 0.4) is 0 Å². The molecule has 0 aliphatic carbocycles. The highest BCUT2D eigenvalue weighted by atomic mass is 16.5. The van der Waals surface area contributed by atoms with Crippen molar-refractivity contribution >= 4 is 0 Å². The Labute approximate surface area is 95.2 Å².